The molecule has 70 valence electrons. The predicted octanol–water partition coefficient (Wildman–Crippen LogP) is 2.25. The van der Waals surface area contributed by atoms with E-state index in [9.17, 15) is 0 Å². The van der Waals surface area contributed by atoms with E-state index in [1.807, 2.05) is 6.07 Å². The molecule has 2 heterocycles. The van der Waals surface area contributed by atoms with Gasteiger partial charge in [0.1, 0.15) is 0 Å². The highest BCUT2D eigenvalue weighted by Gasteiger charge is 2.18. The van der Waals surface area contributed by atoms with Crippen LogP contribution < -0.4 is 9.88 Å². The van der Waals surface area contributed by atoms with E-state index >= 15 is 0 Å². The largest absolute Gasteiger partial charge is 0.275 e. The molecule has 0 saturated carbocycles. The molecule has 0 aliphatic carbocycles. The lowest BCUT2D eigenvalue weighted by molar-refractivity contribution is -0.378. The van der Waals surface area contributed by atoms with Crippen molar-refractivity contribution in [1.82, 2.24) is 0 Å². The number of hydrogen-bond donors (Lipinski definition) is 0. The number of halogens is 1. The number of nitrogens with zero attached hydrogens (tertiary/aromatic N) is 1. The first-order chi connectivity index (χ1) is 6.36. The minimum atomic E-state index is 1.05. The summed E-state index contributed by atoms with van der Waals surface area (Å²) in [6.07, 6.45) is 4.02. The molecular formula is C10H14BrN2+. The molecule has 0 radical (unpaired) electrons. The number of nitrogens with one attached hydrogen (secondary N) is 1. The summed E-state index contributed by atoms with van der Waals surface area (Å²) in [6, 6.07) is 6.23. The summed E-state index contributed by atoms with van der Waals surface area (Å²) in [6.45, 7) is 2.37. The van der Waals surface area contributed by atoms with Crippen molar-refractivity contribution >= 4 is 21.7 Å². The van der Waals surface area contributed by atoms with Gasteiger partial charge in [0, 0.05) is 6.07 Å². The second-order valence-corrected chi connectivity index (χ2v) is 4.29. The van der Waals surface area contributed by atoms with Gasteiger partial charge >= 0.3 is 0 Å². The zero-order valence-electron chi connectivity index (χ0n) is 7.59. The molecule has 0 atom stereocenters. The van der Waals surface area contributed by atoms with Crippen LogP contribution in [0.25, 0.3) is 0 Å². The summed E-state index contributed by atoms with van der Waals surface area (Å²) in [7, 11) is 0. The van der Waals surface area contributed by atoms with Crippen molar-refractivity contribution in [3.05, 3.63) is 22.8 Å². The fraction of sp³-hybridized carbons (Fsp3) is 0.500. The highest BCUT2D eigenvalue weighted by molar-refractivity contribution is 9.10. The van der Waals surface area contributed by atoms with Crippen LogP contribution in [0.3, 0.4) is 0 Å². The van der Waals surface area contributed by atoms with Gasteiger partial charge in [0.2, 0.25) is 0 Å². The first-order valence-electron chi connectivity index (χ1n) is 4.79. The van der Waals surface area contributed by atoms with Gasteiger partial charge in [0.15, 0.2) is 4.60 Å². The Labute approximate surface area is 87.1 Å². The van der Waals surface area contributed by atoms with Crippen LogP contribution in [0.2, 0.25) is 0 Å². The zero-order valence-corrected chi connectivity index (χ0v) is 9.18. The molecule has 1 aromatic rings. The van der Waals surface area contributed by atoms with Gasteiger partial charge in [0.25, 0.3) is 5.82 Å². The average Bonchev–Trinajstić information content (AvgIpc) is 2.19. The van der Waals surface area contributed by atoms with Crippen molar-refractivity contribution in [3.8, 4) is 0 Å². The number of aromatic amines is 1. The van der Waals surface area contributed by atoms with Crippen molar-refractivity contribution in [2.45, 2.75) is 19.3 Å². The van der Waals surface area contributed by atoms with Gasteiger partial charge in [-0.05, 0) is 47.3 Å². The van der Waals surface area contributed by atoms with Gasteiger partial charge in [-0.1, -0.05) is 0 Å². The molecule has 1 saturated heterocycles. The molecular weight excluding hydrogens is 228 g/mol. The maximum absolute atomic E-state index is 3.45. The van der Waals surface area contributed by atoms with Crippen LogP contribution in [-0.4, -0.2) is 13.1 Å². The molecule has 1 fully saturated rings. The van der Waals surface area contributed by atoms with Crippen LogP contribution in [0, 0.1) is 0 Å². The van der Waals surface area contributed by atoms with E-state index < -0.39 is 0 Å². The van der Waals surface area contributed by atoms with Gasteiger partial charge in [-0.25, -0.2) is 4.98 Å². The fourth-order valence-electron chi connectivity index (χ4n) is 1.75. The van der Waals surface area contributed by atoms with Gasteiger partial charge in [0.05, 0.1) is 13.1 Å². The van der Waals surface area contributed by atoms with Crippen molar-refractivity contribution in [2.24, 2.45) is 0 Å². The smallest absolute Gasteiger partial charge is 0.262 e. The van der Waals surface area contributed by atoms with Gasteiger partial charge in [-0.3, -0.25) is 4.90 Å². The number of piperidine rings is 1. The third kappa shape index (κ3) is 2.21. The summed E-state index contributed by atoms with van der Waals surface area (Å²) in [5.41, 5.74) is 0. The normalized spacial score (nSPS) is 17.5. The quantitative estimate of drug-likeness (QED) is 0.690. The lowest BCUT2D eigenvalue weighted by atomic mass is 10.1. The summed E-state index contributed by atoms with van der Waals surface area (Å²) in [5, 5.41) is 0. The molecule has 13 heavy (non-hydrogen) atoms. The molecule has 0 unspecified atom stereocenters. The monoisotopic (exact) mass is 241 g/mol. The van der Waals surface area contributed by atoms with E-state index in [0.717, 1.165) is 4.60 Å². The molecule has 0 bridgehead atoms. The summed E-state index contributed by atoms with van der Waals surface area (Å²) >= 11 is 3.45. The molecule has 1 N–H and O–H groups in total. The van der Waals surface area contributed by atoms with Crippen LogP contribution in [0.1, 0.15) is 19.3 Å². The van der Waals surface area contributed by atoms with Gasteiger partial charge < -0.3 is 0 Å². The Morgan fingerprint density at radius 1 is 1.15 bits per heavy atom. The highest BCUT2D eigenvalue weighted by atomic mass is 79.9. The molecule has 1 aliphatic heterocycles. The molecule has 2 rings (SSSR count). The lowest BCUT2D eigenvalue weighted by Crippen LogP contribution is -2.34. The van der Waals surface area contributed by atoms with E-state index in [-0.39, 0.29) is 0 Å². The third-order valence-electron chi connectivity index (χ3n) is 2.44. The number of anilines is 1. The standard InChI is InChI=1S/C10H13BrN2/c11-9-5-4-6-10(12-9)13-7-2-1-3-8-13/h4-6H,1-3,7-8H2/p+1. The minimum absolute atomic E-state index is 1.05. The van der Waals surface area contributed by atoms with Crippen molar-refractivity contribution in [1.29, 1.82) is 0 Å². The lowest BCUT2D eigenvalue weighted by Gasteiger charge is -2.20. The molecule has 2 nitrogen and oxygen atoms in total. The number of aromatic nitrogens is 1. The first kappa shape index (κ1) is 9.00. The summed E-state index contributed by atoms with van der Waals surface area (Å²) in [5.74, 6) is 1.23. The molecule has 0 aromatic carbocycles. The van der Waals surface area contributed by atoms with E-state index in [0.29, 0.717) is 0 Å². The number of H-pyrrole nitrogens is 1. The third-order valence-corrected chi connectivity index (χ3v) is 2.90. The molecule has 1 aromatic heterocycles. The van der Waals surface area contributed by atoms with Crippen molar-refractivity contribution in [2.75, 3.05) is 18.0 Å². The SMILES string of the molecule is Brc1cccc(N2CCCCC2)[nH+]1. The maximum Gasteiger partial charge on any atom is 0.275 e. The Kier molecular flexibility index (Phi) is 2.83. The maximum atomic E-state index is 3.45. The second-order valence-electron chi connectivity index (χ2n) is 3.43. The molecule has 3 heteroatoms. The van der Waals surface area contributed by atoms with Crippen molar-refractivity contribution < 1.29 is 4.98 Å². The van der Waals surface area contributed by atoms with E-state index in [1.54, 1.807) is 0 Å². The average molecular weight is 242 g/mol. The number of pyridine rings is 1. The topological polar surface area (TPSA) is 17.4 Å². The van der Waals surface area contributed by atoms with Crippen LogP contribution in [-0.2, 0) is 0 Å². The zero-order chi connectivity index (χ0) is 9.10. The Bertz CT molecular complexity index is 282. The number of hydrogen-bond acceptors (Lipinski definition) is 1. The summed E-state index contributed by atoms with van der Waals surface area (Å²) in [4.78, 5) is 5.73. The van der Waals surface area contributed by atoms with E-state index in [2.05, 4.69) is 37.9 Å². The number of rotatable bonds is 1. The minimum Gasteiger partial charge on any atom is -0.262 e. The Hall–Kier alpha value is -0.570. The van der Waals surface area contributed by atoms with Crippen molar-refractivity contribution in [3.63, 3.8) is 0 Å². The molecule has 1 aliphatic rings. The Morgan fingerprint density at radius 2 is 1.92 bits per heavy atom. The van der Waals surface area contributed by atoms with Crippen LogP contribution in [0.5, 0.6) is 0 Å². The van der Waals surface area contributed by atoms with E-state index in [4.69, 9.17) is 0 Å². The van der Waals surface area contributed by atoms with E-state index in [1.165, 1.54) is 38.2 Å². The fourth-order valence-corrected chi connectivity index (χ4v) is 2.10. The molecule has 0 spiro atoms. The van der Waals surface area contributed by atoms with Crippen LogP contribution >= 0.6 is 15.9 Å². The Morgan fingerprint density at radius 3 is 2.62 bits per heavy atom. The van der Waals surface area contributed by atoms with Gasteiger partial charge in [-0.15, -0.1) is 0 Å². The van der Waals surface area contributed by atoms with Crippen LogP contribution in [0.4, 0.5) is 5.82 Å². The first-order valence-corrected chi connectivity index (χ1v) is 5.58. The predicted molar refractivity (Wildman–Crippen MR) is 56.8 cm³/mol. The second kappa shape index (κ2) is 4.09. The molecule has 0 amide bonds. The van der Waals surface area contributed by atoms with Crippen LogP contribution in [0.15, 0.2) is 22.8 Å². The van der Waals surface area contributed by atoms with Gasteiger partial charge in [-0.2, -0.15) is 0 Å². The Balaban J connectivity index is 2.14. The summed E-state index contributed by atoms with van der Waals surface area (Å²) < 4.78 is 1.05. The highest BCUT2D eigenvalue weighted by Crippen LogP contribution is 2.15.